The lowest BCUT2D eigenvalue weighted by Gasteiger charge is -2.32. The Kier molecular flexibility index (Phi) is 6.04. The van der Waals surface area contributed by atoms with E-state index in [1.54, 1.807) is 11.3 Å². The maximum absolute atomic E-state index is 13.6. The summed E-state index contributed by atoms with van der Waals surface area (Å²) < 4.78 is 0. The summed E-state index contributed by atoms with van der Waals surface area (Å²) in [6, 6.07) is 25.0. The van der Waals surface area contributed by atoms with E-state index in [9.17, 15) is 4.79 Å². The van der Waals surface area contributed by atoms with Crippen molar-refractivity contribution >= 4 is 28.1 Å². The molecule has 0 N–H and O–H groups in total. The summed E-state index contributed by atoms with van der Waals surface area (Å²) in [4.78, 5) is 23.0. The largest absolute Gasteiger partial charge is 0.339 e. The maximum atomic E-state index is 13.6. The number of aryl methyl sites for hydroxylation is 1. The van der Waals surface area contributed by atoms with E-state index in [-0.39, 0.29) is 5.91 Å². The number of carbonyl (C=O) groups is 1. The highest BCUT2D eigenvalue weighted by atomic mass is 32.1. The Hall–Kier alpha value is -2.98. The lowest BCUT2D eigenvalue weighted by Crippen LogP contribution is -2.39. The van der Waals surface area contributed by atoms with Gasteiger partial charge in [-0.1, -0.05) is 55.5 Å². The van der Waals surface area contributed by atoms with Crippen LogP contribution in [0.4, 0.5) is 0 Å². The Morgan fingerprint density at radius 3 is 2.50 bits per heavy atom. The van der Waals surface area contributed by atoms with E-state index < -0.39 is 0 Å². The molecule has 3 nitrogen and oxygen atoms in total. The van der Waals surface area contributed by atoms with Gasteiger partial charge in [0.15, 0.2) is 0 Å². The molecule has 4 aromatic rings. The number of fused-ring (bicyclic) bond motifs is 1. The summed E-state index contributed by atoms with van der Waals surface area (Å²) in [6.45, 7) is 3.81. The van der Waals surface area contributed by atoms with Crippen LogP contribution in [0.15, 0.2) is 72.8 Å². The number of hydrogen-bond acceptors (Lipinski definition) is 3. The van der Waals surface area contributed by atoms with Crippen LogP contribution < -0.4 is 0 Å². The minimum Gasteiger partial charge on any atom is -0.339 e. The molecule has 1 aliphatic rings. The Labute approximate surface area is 193 Å². The third-order valence-corrected chi connectivity index (χ3v) is 7.73. The van der Waals surface area contributed by atoms with E-state index in [2.05, 4.69) is 49.4 Å². The molecular formula is C28H28N2OS. The number of carbonyl (C=O) groups excluding carboxylic acids is 1. The second-order valence-electron chi connectivity index (χ2n) is 8.62. The molecule has 0 unspecified atom stereocenters. The van der Waals surface area contributed by atoms with E-state index in [4.69, 9.17) is 4.98 Å². The topological polar surface area (TPSA) is 33.2 Å². The van der Waals surface area contributed by atoms with Crippen LogP contribution in [-0.2, 0) is 12.8 Å². The molecule has 2 aromatic carbocycles. The van der Waals surface area contributed by atoms with Crippen molar-refractivity contribution in [1.82, 2.24) is 9.88 Å². The summed E-state index contributed by atoms with van der Waals surface area (Å²) in [5.74, 6) is 0.778. The van der Waals surface area contributed by atoms with E-state index in [0.29, 0.717) is 5.92 Å². The number of aromatic nitrogens is 1. The molecule has 0 spiro atoms. The second kappa shape index (κ2) is 9.25. The highest BCUT2D eigenvalue weighted by Gasteiger charge is 2.25. The highest BCUT2D eigenvalue weighted by Crippen LogP contribution is 2.31. The molecule has 1 aliphatic heterocycles. The molecule has 3 heterocycles. The first-order chi connectivity index (χ1) is 15.7. The molecule has 0 aliphatic carbocycles. The van der Waals surface area contributed by atoms with Crippen molar-refractivity contribution in [2.75, 3.05) is 13.1 Å². The molecule has 5 rings (SSSR count). The Bertz CT molecular complexity index is 1220. The normalized spacial score (nSPS) is 14.7. The summed E-state index contributed by atoms with van der Waals surface area (Å²) in [7, 11) is 0. The fourth-order valence-corrected chi connectivity index (χ4v) is 5.55. The number of rotatable bonds is 5. The van der Waals surface area contributed by atoms with Crippen molar-refractivity contribution in [3.63, 3.8) is 0 Å². The van der Waals surface area contributed by atoms with Crippen LogP contribution in [-0.4, -0.2) is 28.9 Å². The average molecular weight is 441 g/mol. The van der Waals surface area contributed by atoms with Crippen LogP contribution in [0.1, 0.15) is 40.6 Å². The van der Waals surface area contributed by atoms with Gasteiger partial charge in [-0.25, -0.2) is 4.98 Å². The molecule has 1 saturated heterocycles. The van der Waals surface area contributed by atoms with Gasteiger partial charge in [0, 0.05) is 23.4 Å². The van der Waals surface area contributed by atoms with Gasteiger partial charge in [-0.3, -0.25) is 4.79 Å². The lowest BCUT2D eigenvalue weighted by atomic mass is 9.90. The summed E-state index contributed by atoms with van der Waals surface area (Å²) >= 11 is 1.76. The maximum Gasteiger partial charge on any atom is 0.254 e. The van der Waals surface area contributed by atoms with Crippen molar-refractivity contribution in [2.45, 2.75) is 32.6 Å². The first-order valence-electron chi connectivity index (χ1n) is 11.5. The smallest absolute Gasteiger partial charge is 0.254 e. The third kappa shape index (κ3) is 4.33. The fraction of sp³-hybridized carbons (Fsp3) is 0.286. The molecule has 0 atom stereocenters. The van der Waals surface area contributed by atoms with Crippen LogP contribution in [0.5, 0.6) is 0 Å². The third-order valence-electron chi connectivity index (χ3n) is 6.48. The molecule has 32 heavy (non-hydrogen) atoms. The van der Waals surface area contributed by atoms with Crippen molar-refractivity contribution in [1.29, 1.82) is 0 Å². The predicted molar refractivity (Wildman–Crippen MR) is 133 cm³/mol. The zero-order chi connectivity index (χ0) is 21.9. The van der Waals surface area contributed by atoms with Gasteiger partial charge in [-0.15, -0.1) is 11.3 Å². The van der Waals surface area contributed by atoms with Crippen LogP contribution >= 0.6 is 11.3 Å². The molecule has 162 valence electrons. The summed E-state index contributed by atoms with van der Waals surface area (Å²) in [5.41, 5.74) is 3.96. The van der Waals surface area contributed by atoms with Gasteiger partial charge in [0.05, 0.1) is 21.7 Å². The van der Waals surface area contributed by atoms with Crippen LogP contribution in [0, 0.1) is 5.92 Å². The Balaban J connectivity index is 1.38. The Morgan fingerprint density at radius 2 is 1.75 bits per heavy atom. The fourth-order valence-electron chi connectivity index (χ4n) is 4.64. The number of benzene rings is 2. The monoisotopic (exact) mass is 440 g/mol. The molecule has 4 heteroatoms. The van der Waals surface area contributed by atoms with Crippen LogP contribution in [0.2, 0.25) is 0 Å². The number of pyridine rings is 1. The first kappa shape index (κ1) is 20.9. The van der Waals surface area contributed by atoms with E-state index in [1.165, 1.54) is 10.4 Å². The van der Waals surface area contributed by atoms with Gasteiger partial charge in [0.1, 0.15) is 0 Å². The standard InChI is InChI=1S/C28H28N2OS/c1-2-22-12-13-27(32-22)26-19-24(23-10-6-7-11-25(23)29-26)28(31)30-16-14-21(15-17-30)18-20-8-4-3-5-9-20/h3-13,19,21H,2,14-18H2,1H3. The number of piperidine rings is 1. The van der Waals surface area contributed by atoms with Crippen LogP contribution in [0.25, 0.3) is 21.5 Å². The number of hydrogen-bond donors (Lipinski definition) is 0. The number of thiophene rings is 1. The van der Waals surface area contributed by atoms with Gasteiger partial charge in [-0.2, -0.15) is 0 Å². The minimum absolute atomic E-state index is 0.135. The Morgan fingerprint density at radius 1 is 1.00 bits per heavy atom. The lowest BCUT2D eigenvalue weighted by molar-refractivity contribution is 0.0692. The van der Waals surface area contributed by atoms with E-state index in [1.807, 2.05) is 35.2 Å². The molecule has 2 aromatic heterocycles. The van der Waals surface area contributed by atoms with Gasteiger partial charge in [0.2, 0.25) is 0 Å². The van der Waals surface area contributed by atoms with E-state index in [0.717, 1.165) is 65.8 Å². The zero-order valence-electron chi connectivity index (χ0n) is 18.5. The van der Waals surface area contributed by atoms with E-state index >= 15 is 0 Å². The number of likely N-dealkylation sites (tertiary alicyclic amines) is 1. The second-order valence-corrected chi connectivity index (χ2v) is 9.79. The first-order valence-corrected chi connectivity index (χ1v) is 12.3. The van der Waals surface area contributed by atoms with Gasteiger partial charge in [-0.05, 0) is 61.4 Å². The van der Waals surface area contributed by atoms with Crippen molar-refractivity contribution in [3.8, 4) is 10.6 Å². The quantitative estimate of drug-likeness (QED) is 0.349. The van der Waals surface area contributed by atoms with Gasteiger partial charge < -0.3 is 4.90 Å². The molecule has 0 saturated carbocycles. The molecule has 1 amide bonds. The van der Waals surface area contributed by atoms with Gasteiger partial charge >= 0.3 is 0 Å². The van der Waals surface area contributed by atoms with Crippen LogP contribution in [0.3, 0.4) is 0 Å². The predicted octanol–water partition coefficient (Wildman–Crippen LogP) is 6.62. The number of amides is 1. The average Bonchev–Trinajstić information content (AvgIpc) is 3.34. The van der Waals surface area contributed by atoms with Crippen molar-refractivity contribution < 1.29 is 4.79 Å². The summed E-state index contributed by atoms with van der Waals surface area (Å²) in [6.07, 6.45) is 4.23. The zero-order valence-corrected chi connectivity index (χ0v) is 19.3. The summed E-state index contributed by atoms with van der Waals surface area (Å²) in [5, 5.41) is 0.944. The van der Waals surface area contributed by atoms with Gasteiger partial charge in [0.25, 0.3) is 5.91 Å². The minimum atomic E-state index is 0.135. The molecule has 0 radical (unpaired) electrons. The number of nitrogens with zero attached hydrogens (tertiary/aromatic N) is 2. The highest BCUT2D eigenvalue weighted by molar-refractivity contribution is 7.15. The van der Waals surface area contributed by atoms with Crippen molar-refractivity contribution in [3.05, 3.63) is 88.8 Å². The molecular weight excluding hydrogens is 412 g/mol. The van der Waals surface area contributed by atoms with Crippen molar-refractivity contribution in [2.24, 2.45) is 5.92 Å². The SMILES string of the molecule is CCc1ccc(-c2cc(C(=O)N3CCC(Cc4ccccc4)CC3)c3ccccc3n2)s1. The molecule has 1 fully saturated rings. The molecule has 0 bridgehead atoms. The number of para-hydroxylation sites is 1.